The van der Waals surface area contributed by atoms with Gasteiger partial charge in [-0.05, 0) is 19.1 Å². The fraction of sp³-hybridized carbons (Fsp3) is 0.0909. The van der Waals surface area contributed by atoms with Crippen molar-refractivity contribution < 1.29 is 9.90 Å². The molecule has 2 N–H and O–H groups in total. The number of amides is 1. The molecule has 2 aromatic rings. The molecule has 1 aromatic carbocycles. The summed E-state index contributed by atoms with van der Waals surface area (Å²) >= 11 is 12.8. The summed E-state index contributed by atoms with van der Waals surface area (Å²) in [5.74, 6) is -0.579. The zero-order valence-electron chi connectivity index (χ0n) is 9.20. The lowest BCUT2D eigenvalue weighted by Crippen LogP contribution is -2.10. The molecule has 4 nitrogen and oxygen atoms in total. The van der Waals surface area contributed by atoms with Crippen LogP contribution < -0.4 is 5.32 Å². The van der Waals surface area contributed by atoms with Crippen molar-refractivity contribution in [2.24, 2.45) is 0 Å². The number of hydrogen-bond acceptors (Lipinski definition) is 4. The van der Waals surface area contributed by atoms with E-state index < -0.39 is 0 Å². The lowest BCUT2D eigenvalue weighted by molar-refractivity contribution is 0.103. The van der Waals surface area contributed by atoms with Crippen LogP contribution in [0, 0.1) is 6.92 Å². The van der Waals surface area contributed by atoms with E-state index in [9.17, 15) is 9.90 Å². The molecular formula is C11H8Cl2N2O2S. The van der Waals surface area contributed by atoms with Crippen LogP contribution in [0.15, 0.2) is 18.3 Å². The van der Waals surface area contributed by atoms with Crippen LogP contribution >= 0.6 is 34.5 Å². The molecule has 1 heterocycles. The van der Waals surface area contributed by atoms with Crippen molar-refractivity contribution in [1.29, 1.82) is 0 Å². The summed E-state index contributed by atoms with van der Waals surface area (Å²) < 4.78 is 0. The Balaban J connectivity index is 2.27. The SMILES string of the molecule is Cc1ncc(C(=O)Nc2cc(Cl)cc(Cl)c2O)s1. The Morgan fingerprint density at radius 3 is 2.78 bits per heavy atom. The van der Waals surface area contributed by atoms with Crippen molar-refractivity contribution >= 4 is 46.1 Å². The molecule has 0 fully saturated rings. The lowest BCUT2D eigenvalue weighted by atomic mass is 10.3. The van der Waals surface area contributed by atoms with Gasteiger partial charge in [0.1, 0.15) is 4.88 Å². The molecular weight excluding hydrogens is 295 g/mol. The Labute approximate surface area is 117 Å². The van der Waals surface area contributed by atoms with Gasteiger partial charge in [0, 0.05) is 5.02 Å². The predicted octanol–water partition coefficient (Wildman–Crippen LogP) is 3.72. The summed E-state index contributed by atoms with van der Waals surface area (Å²) in [4.78, 5) is 16.3. The smallest absolute Gasteiger partial charge is 0.267 e. The quantitative estimate of drug-likeness (QED) is 0.831. The van der Waals surface area contributed by atoms with Gasteiger partial charge in [0.2, 0.25) is 0 Å². The van der Waals surface area contributed by atoms with Crippen LogP contribution in [0.1, 0.15) is 14.7 Å². The first kappa shape index (κ1) is 13.1. The molecule has 0 aliphatic heterocycles. The van der Waals surface area contributed by atoms with E-state index in [4.69, 9.17) is 23.2 Å². The number of rotatable bonds is 2. The van der Waals surface area contributed by atoms with E-state index in [0.29, 0.717) is 9.90 Å². The average molecular weight is 303 g/mol. The topological polar surface area (TPSA) is 62.2 Å². The van der Waals surface area contributed by atoms with Gasteiger partial charge in [-0.3, -0.25) is 4.79 Å². The minimum Gasteiger partial charge on any atom is -0.504 e. The van der Waals surface area contributed by atoms with Crippen LogP contribution in [0.5, 0.6) is 5.75 Å². The van der Waals surface area contributed by atoms with Gasteiger partial charge in [0.05, 0.1) is 21.9 Å². The Kier molecular flexibility index (Phi) is 3.75. The summed E-state index contributed by atoms with van der Waals surface area (Å²) in [5.41, 5.74) is 0.170. The largest absolute Gasteiger partial charge is 0.504 e. The zero-order chi connectivity index (χ0) is 13.3. The molecule has 94 valence electrons. The fourth-order valence-electron chi connectivity index (χ4n) is 1.31. The molecule has 7 heteroatoms. The molecule has 0 aliphatic carbocycles. The van der Waals surface area contributed by atoms with E-state index in [1.165, 1.54) is 29.7 Å². The maximum absolute atomic E-state index is 11.9. The zero-order valence-corrected chi connectivity index (χ0v) is 11.5. The first-order valence-corrected chi connectivity index (χ1v) is 6.46. The third-order valence-corrected chi connectivity index (χ3v) is 3.54. The maximum Gasteiger partial charge on any atom is 0.267 e. The molecule has 0 saturated carbocycles. The van der Waals surface area contributed by atoms with E-state index in [0.717, 1.165) is 5.01 Å². The Hall–Kier alpha value is -1.30. The van der Waals surface area contributed by atoms with E-state index in [1.54, 1.807) is 6.92 Å². The number of benzene rings is 1. The van der Waals surface area contributed by atoms with Crippen molar-refractivity contribution in [3.63, 3.8) is 0 Å². The summed E-state index contributed by atoms with van der Waals surface area (Å²) in [6.45, 7) is 1.80. The number of nitrogens with one attached hydrogen (secondary N) is 1. The van der Waals surface area contributed by atoms with Crippen LogP contribution in [-0.4, -0.2) is 16.0 Å². The predicted molar refractivity (Wildman–Crippen MR) is 72.9 cm³/mol. The summed E-state index contributed by atoms with van der Waals surface area (Å²) in [6, 6.07) is 2.82. The van der Waals surface area contributed by atoms with Crippen molar-refractivity contribution in [3.8, 4) is 5.75 Å². The molecule has 0 saturated heterocycles. The van der Waals surface area contributed by atoms with E-state index in [-0.39, 0.29) is 22.4 Å². The minimum absolute atomic E-state index is 0.0817. The van der Waals surface area contributed by atoms with Gasteiger partial charge in [-0.15, -0.1) is 11.3 Å². The number of phenols is 1. The van der Waals surface area contributed by atoms with Gasteiger partial charge in [-0.1, -0.05) is 23.2 Å². The number of halogens is 2. The highest BCUT2D eigenvalue weighted by molar-refractivity contribution is 7.13. The molecule has 0 spiro atoms. The molecule has 18 heavy (non-hydrogen) atoms. The number of nitrogens with zero attached hydrogens (tertiary/aromatic N) is 1. The van der Waals surface area contributed by atoms with Crippen molar-refractivity contribution in [2.75, 3.05) is 5.32 Å². The minimum atomic E-state index is -0.366. The number of aryl methyl sites for hydroxylation is 1. The van der Waals surface area contributed by atoms with E-state index in [2.05, 4.69) is 10.3 Å². The third-order valence-electron chi connectivity index (χ3n) is 2.12. The molecule has 0 radical (unpaired) electrons. The molecule has 1 amide bonds. The first-order valence-electron chi connectivity index (χ1n) is 4.89. The van der Waals surface area contributed by atoms with Gasteiger partial charge in [0.15, 0.2) is 5.75 Å². The summed E-state index contributed by atoms with van der Waals surface area (Å²) in [5, 5.41) is 13.4. The highest BCUT2D eigenvalue weighted by atomic mass is 35.5. The van der Waals surface area contributed by atoms with Gasteiger partial charge >= 0.3 is 0 Å². The second-order valence-corrected chi connectivity index (χ2v) is 5.56. The normalized spacial score (nSPS) is 10.4. The Morgan fingerprint density at radius 2 is 2.17 bits per heavy atom. The van der Waals surface area contributed by atoms with Crippen LogP contribution in [0.25, 0.3) is 0 Å². The molecule has 0 bridgehead atoms. The van der Waals surface area contributed by atoms with Crippen LogP contribution in [0.2, 0.25) is 10.0 Å². The molecule has 1 aromatic heterocycles. The number of aromatic nitrogens is 1. The van der Waals surface area contributed by atoms with Gasteiger partial charge in [0.25, 0.3) is 5.91 Å². The first-order chi connectivity index (χ1) is 8.47. The molecule has 0 aliphatic rings. The molecule has 0 atom stereocenters. The van der Waals surface area contributed by atoms with Crippen molar-refractivity contribution in [2.45, 2.75) is 6.92 Å². The average Bonchev–Trinajstić information content (AvgIpc) is 2.72. The van der Waals surface area contributed by atoms with Crippen LogP contribution in [-0.2, 0) is 0 Å². The molecule has 2 rings (SSSR count). The van der Waals surface area contributed by atoms with E-state index in [1.807, 2.05) is 0 Å². The highest BCUT2D eigenvalue weighted by Gasteiger charge is 2.14. The van der Waals surface area contributed by atoms with E-state index >= 15 is 0 Å². The van der Waals surface area contributed by atoms with Crippen LogP contribution in [0.4, 0.5) is 5.69 Å². The second-order valence-electron chi connectivity index (χ2n) is 3.48. The standard InChI is InChI=1S/C11H8Cl2N2O2S/c1-5-14-4-9(18-5)11(17)15-8-3-6(12)2-7(13)10(8)16/h2-4,16H,1H3,(H,15,17). The number of carbonyl (C=O) groups excluding carboxylic acids is 1. The van der Waals surface area contributed by atoms with Crippen LogP contribution in [0.3, 0.4) is 0 Å². The molecule has 0 unspecified atom stereocenters. The third kappa shape index (κ3) is 2.75. The van der Waals surface area contributed by atoms with Gasteiger partial charge in [-0.2, -0.15) is 0 Å². The second kappa shape index (κ2) is 5.14. The summed E-state index contributed by atoms with van der Waals surface area (Å²) in [6.07, 6.45) is 1.47. The highest BCUT2D eigenvalue weighted by Crippen LogP contribution is 2.35. The van der Waals surface area contributed by atoms with Gasteiger partial charge < -0.3 is 10.4 Å². The van der Waals surface area contributed by atoms with Crippen molar-refractivity contribution in [3.05, 3.63) is 38.3 Å². The Bertz CT molecular complexity index is 613. The number of thiazole rings is 1. The number of phenolic OH excluding ortho intramolecular Hbond substituents is 1. The number of aromatic hydroxyl groups is 1. The number of hydrogen-bond donors (Lipinski definition) is 2. The fourth-order valence-corrected chi connectivity index (χ4v) is 2.48. The monoisotopic (exact) mass is 302 g/mol. The lowest BCUT2D eigenvalue weighted by Gasteiger charge is -2.07. The summed E-state index contributed by atoms with van der Waals surface area (Å²) in [7, 11) is 0. The number of carbonyl (C=O) groups is 1. The van der Waals surface area contributed by atoms with Gasteiger partial charge in [-0.25, -0.2) is 4.98 Å². The number of anilines is 1. The van der Waals surface area contributed by atoms with Crippen molar-refractivity contribution in [1.82, 2.24) is 4.98 Å². The maximum atomic E-state index is 11.9. The Morgan fingerprint density at radius 1 is 1.44 bits per heavy atom.